The molecule has 0 bridgehead atoms. The molecule has 1 aliphatic rings. The van der Waals surface area contributed by atoms with Crippen molar-refractivity contribution in [2.45, 2.75) is 32.0 Å². The van der Waals surface area contributed by atoms with Gasteiger partial charge in [0.1, 0.15) is 0 Å². The summed E-state index contributed by atoms with van der Waals surface area (Å²) in [4.78, 5) is 11.1. The van der Waals surface area contributed by atoms with Crippen molar-refractivity contribution in [1.29, 1.82) is 0 Å². The third kappa shape index (κ3) is 4.89. The first-order valence-electron chi connectivity index (χ1n) is 6.69. The smallest absolute Gasteiger partial charge is 0.306 e. The molecule has 0 aromatic carbocycles. The van der Waals surface area contributed by atoms with Crippen molar-refractivity contribution in [3.05, 3.63) is 0 Å². The van der Waals surface area contributed by atoms with E-state index in [1.54, 1.807) is 13.8 Å². The maximum Gasteiger partial charge on any atom is 0.306 e. The summed E-state index contributed by atoms with van der Waals surface area (Å²) in [5.41, 5.74) is -0.679. The molecule has 0 aromatic heterocycles. The lowest BCUT2D eigenvalue weighted by Crippen LogP contribution is -2.58. The molecular weight excluding hydrogens is 300 g/mol. The predicted octanol–water partition coefficient (Wildman–Crippen LogP) is -0.802. The van der Waals surface area contributed by atoms with E-state index in [0.29, 0.717) is 0 Å². The van der Waals surface area contributed by atoms with E-state index >= 15 is 0 Å². The van der Waals surface area contributed by atoms with Gasteiger partial charge in [-0.1, -0.05) is 0 Å². The lowest BCUT2D eigenvalue weighted by atomic mass is 10.1. The Morgan fingerprint density at radius 2 is 2.14 bits per heavy atom. The Kier molecular flexibility index (Phi) is 6.11. The molecule has 21 heavy (non-hydrogen) atoms. The highest BCUT2D eigenvalue weighted by molar-refractivity contribution is 7.86. The van der Waals surface area contributed by atoms with Crippen molar-refractivity contribution in [2.24, 2.45) is 0 Å². The van der Waals surface area contributed by atoms with E-state index < -0.39 is 27.9 Å². The minimum absolute atomic E-state index is 0.0105. The zero-order valence-electron chi connectivity index (χ0n) is 12.9. The van der Waals surface area contributed by atoms with E-state index in [1.807, 2.05) is 0 Å². The van der Waals surface area contributed by atoms with Crippen LogP contribution in [0.15, 0.2) is 0 Å². The average Bonchev–Trinajstić information content (AvgIpc) is 2.42. The maximum absolute atomic E-state index is 12.5. The lowest BCUT2D eigenvalue weighted by Gasteiger charge is -2.42. The summed E-state index contributed by atoms with van der Waals surface area (Å²) in [6, 6.07) is 0. The molecule has 0 spiro atoms. The first-order valence-corrected chi connectivity index (χ1v) is 8.09. The molecule has 8 nitrogen and oxygen atoms in total. The summed E-state index contributed by atoms with van der Waals surface area (Å²) >= 11 is 0. The number of rotatable bonds is 6. The van der Waals surface area contributed by atoms with Crippen LogP contribution in [0.4, 0.5) is 0 Å². The van der Waals surface area contributed by atoms with E-state index in [-0.39, 0.29) is 32.7 Å². The van der Waals surface area contributed by atoms with Gasteiger partial charge < -0.3 is 14.6 Å². The highest BCUT2D eigenvalue weighted by Gasteiger charge is 2.40. The molecule has 124 valence electrons. The summed E-state index contributed by atoms with van der Waals surface area (Å²) < 4.78 is 37.5. The number of aliphatic hydroxyl groups excluding tert-OH is 1. The van der Waals surface area contributed by atoms with E-state index in [9.17, 15) is 18.3 Å². The van der Waals surface area contributed by atoms with Crippen molar-refractivity contribution in [3.63, 3.8) is 0 Å². The third-order valence-electron chi connectivity index (χ3n) is 3.23. The Hall–Kier alpha value is -0.740. The van der Waals surface area contributed by atoms with Crippen molar-refractivity contribution in [3.8, 4) is 0 Å². The molecule has 9 heteroatoms. The first-order chi connectivity index (χ1) is 9.62. The topological polar surface area (TPSA) is 96.4 Å². The zero-order valence-corrected chi connectivity index (χ0v) is 13.7. The van der Waals surface area contributed by atoms with Crippen LogP contribution in [0.3, 0.4) is 0 Å². The van der Waals surface area contributed by atoms with Gasteiger partial charge in [0.25, 0.3) is 10.2 Å². The highest BCUT2D eigenvalue weighted by Crippen LogP contribution is 2.24. The van der Waals surface area contributed by atoms with Crippen molar-refractivity contribution >= 4 is 16.2 Å². The summed E-state index contributed by atoms with van der Waals surface area (Å²) in [6.07, 6.45) is -0.568. The van der Waals surface area contributed by atoms with Gasteiger partial charge in [0.05, 0.1) is 31.8 Å². The van der Waals surface area contributed by atoms with Gasteiger partial charge in [-0.25, -0.2) is 0 Å². The normalized spacial score (nSPS) is 23.2. The van der Waals surface area contributed by atoms with Gasteiger partial charge in [0, 0.05) is 26.7 Å². The Bertz CT molecular complexity index is 464. The van der Waals surface area contributed by atoms with Crippen LogP contribution in [-0.2, 0) is 24.5 Å². The fraction of sp³-hybridized carbons (Fsp3) is 0.917. The van der Waals surface area contributed by atoms with Crippen LogP contribution in [0.2, 0.25) is 0 Å². The monoisotopic (exact) mass is 324 g/mol. The third-order valence-corrected chi connectivity index (χ3v) is 5.13. The second-order valence-corrected chi connectivity index (χ2v) is 7.67. The van der Waals surface area contributed by atoms with Gasteiger partial charge in [-0.15, -0.1) is 0 Å². The number of carbonyl (C=O) groups excluding carboxylic acids is 1. The summed E-state index contributed by atoms with van der Waals surface area (Å²) in [6.45, 7) is 3.61. The quantitative estimate of drug-likeness (QED) is 0.643. The molecule has 1 heterocycles. The Labute approximate surface area is 125 Å². The molecule has 1 saturated heterocycles. The van der Waals surface area contributed by atoms with Crippen LogP contribution in [0, 0.1) is 0 Å². The number of morpholine rings is 1. The van der Waals surface area contributed by atoms with Crippen LogP contribution in [-0.4, -0.2) is 80.2 Å². The van der Waals surface area contributed by atoms with Gasteiger partial charge in [-0.3, -0.25) is 4.79 Å². The molecule has 1 unspecified atom stereocenters. The highest BCUT2D eigenvalue weighted by atomic mass is 32.2. The molecule has 0 saturated carbocycles. The minimum atomic E-state index is -3.71. The van der Waals surface area contributed by atoms with Gasteiger partial charge in [0.2, 0.25) is 0 Å². The lowest BCUT2D eigenvalue weighted by molar-refractivity contribution is -0.140. The largest absolute Gasteiger partial charge is 0.469 e. The second kappa shape index (κ2) is 7.01. The minimum Gasteiger partial charge on any atom is -0.469 e. The standard InChI is InChI=1S/C12H24N2O6S/c1-12(2)9-14(7-10(8-15)20-12)21(17,18)13(3)6-5-11(16)19-4/h10,15H,5-9H2,1-4H3. The van der Waals surface area contributed by atoms with Crippen molar-refractivity contribution < 1.29 is 27.8 Å². The SMILES string of the molecule is COC(=O)CCN(C)S(=O)(=O)N1CC(CO)OC(C)(C)C1. The number of ether oxygens (including phenoxy) is 2. The van der Waals surface area contributed by atoms with Crippen molar-refractivity contribution in [1.82, 2.24) is 8.61 Å². The van der Waals surface area contributed by atoms with E-state index in [2.05, 4.69) is 4.74 Å². The Morgan fingerprint density at radius 1 is 1.52 bits per heavy atom. The number of hydrogen-bond acceptors (Lipinski definition) is 6. The molecule has 0 amide bonds. The number of aliphatic hydroxyl groups is 1. The number of methoxy groups -OCH3 is 1. The maximum atomic E-state index is 12.5. The van der Waals surface area contributed by atoms with Gasteiger partial charge in [0.15, 0.2) is 0 Å². The summed E-state index contributed by atoms with van der Waals surface area (Å²) in [7, 11) is -1.04. The van der Waals surface area contributed by atoms with E-state index in [1.165, 1.54) is 18.5 Å². The fourth-order valence-electron chi connectivity index (χ4n) is 2.18. The summed E-state index contributed by atoms with van der Waals surface area (Å²) in [5, 5.41) is 9.23. The molecule has 0 aliphatic carbocycles. The van der Waals surface area contributed by atoms with Crippen molar-refractivity contribution in [2.75, 3.05) is 40.4 Å². The number of esters is 1. The van der Waals surface area contributed by atoms with Gasteiger partial charge in [-0.2, -0.15) is 17.0 Å². The first kappa shape index (κ1) is 18.3. The van der Waals surface area contributed by atoms with Crippen LogP contribution in [0.25, 0.3) is 0 Å². The number of nitrogens with zero attached hydrogens (tertiary/aromatic N) is 2. The second-order valence-electron chi connectivity index (χ2n) is 5.63. The van der Waals surface area contributed by atoms with Crippen LogP contribution in [0.5, 0.6) is 0 Å². The number of carbonyl (C=O) groups is 1. The molecule has 1 atom stereocenters. The van der Waals surface area contributed by atoms with Gasteiger partial charge >= 0.3 is 5.97 Å². The fourth-order valence-corrected chi connectivity index (χ4v) is 3.72. The molecule has 1 N–H and O–H groups in total. The summed E-state index contributed by atoms with van der Waals surface area (Å²) in [5.74, 6) is -0.465. The molecule has 0 radical (unpaired) electrons. The Morgan fingerprint density at radius 3 is 2.67 bits per heavy atom. The predicted molar refractivity (Wildman–Crippen MR) is 75.8 cm³/mol. The van der Waals surface area contributed by atoms with Crippen LogP contribution < -0.4 is 0 Å². The van der Waals surface area contributed by atoms with E-state index in [0.717, 1.165) is 4.31 Å². The average molecular weight is 324 g/mol. The molecular formula is C12H24N2O6S. The molecule has 1 aliphatic heterocycles. The van der Waals surface area contributed by atoms with Gasteiger partial charge in [-0.05, 0) is 13.8 Å². The molecule has 0 aromatic rings. The molecule has 1 rings (SSSR count). The zero-order chi connectivity index (χ0) is 16.3. The van der Waals surface area contributed by atoms with Crippen LogP contribution >= 0.6 is 0 Å². The Balaban J connectivity index is 2.78. The van der Waals surface area contributed by atoms with E-state index in [4.69, 9.17) is 4.74 Å². The van der Waals surface area contributed by atoms with Crippen LogP contribution in [0.1, 0.15) is 20.3 Å². The number of hydrogen-bond donors (Lipinski definition) is 1. The molecule has 1 fully saturated rings.